The number of likely N-dealkylation sites (tertiary alicyclic amines) is 1. The van der Waals surface area contributed by atoms with E-state index in [-0.39, 0.29) is 18.5 Å². The molecule has 1 fully saturated rings. The Balaban J connectivity index is 1.83. The molecule has 1 saturated heterocycles. The summed E-state index contributed by atoms with van der Waals surface area (Å²) >= 11 is 1.72. The van der Waals surface area contributed by atoms with E-state index in [0.29, 0.717) is 6.54 Å². The predicted molar refractivity (Wildman–Crippen MR) is 104 cm³/mol. The molecule has 2 heterocycles. The van der Waals surface area contributed by atoms with Gasteiger partial charge in [-0.2, -0.15) is 0 Å². The summed E-state index contributed by atoms with van der Waals surface area (Å²) in [5.74, 6) is 0.561. The molecule has 2 N–H and O–H groups in total. The van der Waals surface area contributed by atoms with Gasteiger partial charge in [-0.25, -0.2) is 4.79 Å². The lowest BCUT2D eigenvalue weighted by Gasteiger charge is -2.36. The molecule has 1 aliphatic heterocycles. The highest BCUT2D eigenvalue weighted by Crippen LogP contribution is 2.28. The number of rotatable bonds is 6. The predicted octanol–water partition coefficient (Wildman–Crippen LogP) is 3.16. The average Bonchev–Trinajstić information content (AvgIpc) is 3.07. The van der Waals surface area contributed by atoms with Crippen LogP contribution in [0.25, 0.3) is 0 Å². The van der Waals surface area contributed by atoms with Crippen molar-refractivity contribution in [3.8, 4) is 0 Å². The fourth-order valence-corrected chi connectivity index (χ4v) is 3.83. The molecule has 2 amide bonds. The van der Waals surface area contributed by atoms with E-state index in [1.165, 1.54) is 17.7 Å². The van der Waals surface area contributed by atoms with Gasteiger partial charge in [-0.3, -0.25) is 9.69 Å². The van der Waals surface area contributed by atoms with Crippen molar-refractivity contribution in [2.24, 2.45) is 5.92 Å². The van der Waals surface area contributed by atoms with E-state index >= 15 is 0 Å². The topological polar surface area (TPSA) is 70.7 Å². The van der Waals surface area contributed by atoms with Gasteiger partial charge in [0.2, 0.25) is 5.91 Å². The van der Waals surface area contributed by atoms with Gasteiger partial charge in [0.1, 0.15) is 5.60 Å². The number of ether oxygens (including phenoxy) is 1. The van der Waals surface area contributed by atoms with E-state index < -0.39 is 11.7 Å². The molecule has 1 aromatic heterocycles. The van der Waals surface area contributed by atoms with Crippen LogP contribution in [0.5, 0.6) is 0 Å². The van der Waals surface area contributed by atoms with Crippen molar-refractivity contribution < 1.29 is 14.3 Å². The van der Waals surface area contributed by atoms with Gasteiger partial charge < -0.3 is 15.4 Å². The van der Waals surface area contributed by atoms with Gasteiger partial charge in [0, 0.05) is 11.4 Å². The Morgan fingerprint density at radius 1 is 1.31 bits per heavy atom. The van der Waals surface area contributed by atoms with Gasteiger partial charge in [-0.1, -0.05) is 13.0 Å². The number of thiophene rings is 1. The maximum absolute atomic E-state index is 12.1. The first-order valence-corrected chi connectivity index (χ1v) is 10.1. The second-order valence-electron chi connectivity index (χ2n) is 7.91. The number of alkyl carbamates (subject to hydrolysis) is 1. The Morgan fingerprint density at radius 3 is 2.58 bits per heavy atom. The van der Waals surface area contributed by atoms with Crippen LogP contribution in [0.15, 0.2) is 17.5 Å². The average molecular weight is 382 g/mol. The number of hydrogen-bond donors (Lipinski definition) is 2. The molecule has 2 rings (SSSR count). The molecule has 0 bridgehead atoms. The first-order chi connectivity index (χ1) is 12.2. The summed E-state index contributed by atoms with van der Waals surface area (Å²) in [6.07, 6.45) is 1.80. The van der Waals surface area contributed by atoms with E-state index in [4.69, 9.17) is 4.74 Å². The molecule has 146 valence electrons. The van der Waals surface area contributed by atoms with Crippen molar-refractivity contribution in [1.82, 2.24) is 15.5 Å². The Kier molecular flexibility index (Phi) is 7.46. The van der Waals surface area contributed by atoms with Crippen LogP contribution in [-0.2, 0) is 9.53 Å². The van der Waals surface area contributed by atoms with Crippen molar-refractivity contribution in [3.63, 3.8) is 0 Å². The highest BCUT2D eigenvalue weighted by atomic mass is 32.1. The molecule has 7 heteroatoms. The Labute approximate surface area is 160 Å². The lowest BCUT2D eigenvalue weighted by molar-refractivity contribution is -0.120. The van der Waals surface area contributed by atoms with Crippen molar-refractivity contribution in [1.29, 1.82) is 0 Å². The summed E-state index contributed by atoms with van der Waals surface area (Å²) in [5, 5.41) is 7.52. The van der Waals surface area contributed by atoms with Gasteiger partial charge >= 0.3 is 6.09 Å². The minimum Gasteiger partial charge on any atom is -0.444 e. The third kappa shape index (κ3) is 6.96. The summed E-state index contributed by atoms with van der Waals surface area (Å²) in [6.45, 7) is 10.2. The maximum atomic E-state index is 12.1. The molecule has 6 nitrogen and oxygen atoms in total. The summed E-state index contributed by atoms with van der Waals surface area (Å²) < 4.78 is 5.14. The molecule has 0 aromatic carbocycles. The molecule has 0 radical (unpaired) electrons. The highest BCUT2D eigenvalue weighted by molar-refractivity contribution is 7.10. The number of amides is 2. The number of carbonyl (C=O) groups is 2. The summed E-state index contributed by atoms with van der Waals surface area (Å²) in [5.41, 5.74) is -0.573. The normalized spacial score (nSPS) is 17.5. The third-order valence-corrected chi connectivity index (χ3v) is 5.39. The van der Waals surface area contributed by atoms with Gasteiger partial charge in [0.25, 0.3) is 0 Å². The molecule has 1 aromatic rings. The van der Waals surface area contributed by atoms with E-state index in [2.05, 4.69) is 33.9 Å². The number of carbonyl (C=O) groups excluding carboxylic acids is 2. The molecule has 1 aliphatic rings. The lowest BCUT2D eigenvalue weighted by atomic mass is 9.97. The fourth-order valence-electron chi connectivity index (χ4n) is 2.97. The smallest absolute Gasteiger partial charge is 0.408 e. The zero-order valence-corrected chi connectivity index (χ0v) is 17.0. The Hall–Kier alpha value is -1.60. The molecule has 26 heavy (non-hydrogen) atoms. The van der Waals surface area contributed by atoms with Gasteiger partial charge in [0.15, 0.2) is 0 Å². The molecular weight excluding hydrogens is 350 g/mol. The standard InChI is InChI=1S/C19H31N3O3S/c1-14-7-9-22(10-8-14)15(16-6-5-11-26-16)12-20-17(23)13-21-18(24)25-19(2,3)4/h5-6,11,14-15H,7-10,12-13H2,1-4H3,(H,20,23)(H,21,24)/t15-/m1/s1. The van der Waals surface area contributed by atoms with Crippen LogP contribution in [0.2, 0.25) is 0 Å². The SMILES string of the molecule is CC1CCN([C@H](CNC(=O)CNC(=O)OC(C)(C)C)c2cccs2)CC1. The minimum absolute atomic E-state index is 0.0803. The number of piperidine rings is 1. The molecule has 0 spiro atoms. The van der Waals surface area contributed by atoms with Crippen molar-refractivity contribution in [2.75, 3.05) is 26.2 Å². The number of nitrogens with zero attached hydrogens (tertiary/aromatic N) is 1. The Morgan fingerprint density at radius 2 is 2.00 bits per heavy atom. The molecule has 0 unspecified atom stereocenters. The van der Waals surface area contributed by atoms with Crippen LogP contribution in [-0.4, -0.2) is 48.7 Å². The van der Waals surface area contributed by atoms with Crippen LogP contribution < -0.4 is 10.6 Å². The lowest BCUT2D eigenvalue weighted by Crippen LogP contribution is -2.44. The van der Waals surface area contributed by atoms with Crippen LogP contribution in [0.4, 0.5) is 4.79 Å². The molecule has 0 saturated carbocycles. The number of hydrogen-bond acceptors (Lipinski definition) is 5. The van der Waals surface area contributed by atoms with E-state index in [1.54, 1.807) is 32.1 Å². The fraction of sp³-hybridized carbons (Fsp3) is 0.684. The van der Waals surface area contributed by atoms with E-state index in [1.807, 2.05) is 6.07 Å². The zero-order chi connectivity index (χ0) is 19.2. The largest absolute Gasteiger partial charge is 0.444 e. The summed E-state index contributed by atoms with van der Waals surface area (Å²) in [6, 6.07) is 4.36. The van der Waals surface area contributed by atoms with Gasteiger partial charge in [-0.15, -0.1) is 11.3 Å². The number of nitrogens with one attached hydrogen (secondary N) is 2. The van der Waals surface area contributed by atoms with Gasteiger partial charge in [0.05, 0.1) is 12.6 Å². The van der Waals surface area contributed by atoms with Crippen LogP contribution in [0.3, 0.4) is 0 Å². The highest BCUT2D eigenvalue weighted by Gasteiger charge is 2.26. The second kappa shape index (κ2) is 9.37. The Bertz CT molecular complexity index is 575. The molecule has 1 atom stereocenters. The summed E-state index contributed by atoms with van der Waals surface area (Å²) in [7, 11) is 0. The van der Waals surface area contributed by atoms with Crippen LogP contribution >= 0.6 is 11.3 Å². The second-order valence-corrected chi connectivity index (χ2v) is 8.89. The van der Waals surface area contributed by atoms with E-state index in [9.17, 15) is 9.59 Å². The van der Waals surface area contributed by atoms with Crippen LogP contribution in [0, 0.1) is 5.92 Å². The maximum Gasteiger partial charge on any atom is 0.408 e. The van der Waals surface area contributed by atoms with Crippen LogP contribution in [0.1, 0.15) is 51.5 Å². The quantitative estimate of drug-likeness (QED) is 0.794. The first kappa shape index (κ1) is 20.7. The molecule has 0 aliphatic carbocycles. The molecular formula is C19H31N3O3S. The minimum atomic E-state index is -0.576. The third-order valence-electron chi connectivity index (χ3n) is 4.42. The van der Waals surface area contributed by atoms with E-state index in [0.717, 1.165) is 19.0 Å². The van der Waals surface area contributed by atoms with Crippen molar-refractivity contribution >= 4 is 23.3 Å². The van der Waals surface area contributed by atoms with Gasteiger partial charge in [-0.05, 0) is 64.1 Å². The first-order valence-electron chi connectivity index (χ1n) is 9.25. The summed E-state index contributed by atoms with van der Waals surface area (Å²) in [4.78, 5) is 27.5. The monoisotopic (exact) mass is 381 g/mol. The zero-order valence-electron chi connectivity index (χ0n) is 16.2. The van der Waals surface area contributed by atoms with Crippen molar-refractivity contribution in [3.05, 3.63) is 22.4 Å². The van der Waals surface area contributed by atoms with Crippen molar-refractivity contribution in [2.45, 2.75) is 52.2 Å².